The number of nitrogens with zero attached hydrogens (tertiary/aromatic N) is 2. The highest BCUT2D eigenvalue weighted by molar-refractivity contribution is 5.76. The number of aromatic nitrogens is 2. The van der Waals surface area contributed by atoms with Crippen LogP contribution < -0.4 is 5.56 Å². The fourth-order valence-corrected chi connectivity index (χ4v) is 1.11. The fourth-order valence-electron chi connectivity index (χ4n) is 1.11. The molecule has 3 heteroatoms. The van der Waals surface area contributed by atoms with Crippen LogP contribution >= 0.6 is 0 Å². The van der Waals surface area contributed by atoms with E-state index in [0.29, 0.717) is 11.2 Å². The molecule has 0 N–H and O–H groups in total. The van der Waals surface area contributed by atoms with Crippen molar-refractivity contribution in [1.29, 1.82) is 0 Å². The van der Waals surface area contributed by atoms with Crippen LogP contribution in [0.2, 0.25) is 0 Å². The third kappa shape index (κ3) is 1.40. The van der Waals surface area contributed by atoms with Crippen LogP contribution in [0.1, 0.15) is 5.69 Å². The first kappa shape index (κ1) is 7.86. The third-order valence-corrected chi connectivity index (χ3v) is 1.87. The summed E-state index contributed by atoms with van der Waals surface area (Å²) in [6.45, 7) is 1.66. The van der Waals surface area contributed by atoms with Crippen LogP contribution in [-0.2, 0) is 0 Å². The second-order valence-corrected chi connectivity index (χ2v) is 2.82. The number of fused-ring (bicyclic) bond motifs is 1. The van der Waals surface area contributed by atoms with E-state index in [1.54, 1.807) is 19.2 Å². The summed E-state index contributed by atoms with van der Waals surface area (Å²) < 4.78 is 0. The van der Waals surface area contributed by atoms with Gasteiger partial charge in [0.05, 0.1) is 5.52 Å². The van der Waals surface area contributed by atoms with Gasteiger partial charge in [0.15, 0.2) is 0 Å². The Kier molecular flexibility index (Phi) is 1.77. The summed E-state index contributed by atoms with van der Waals surface area (Å²) >= 11 is 0. The molecule has 1 heterocycles. The molecule has 0 saturated heterocycles. The van der Waals surface area contributed by atoms with Gasteiger partial charge in [-0.1, -0.05) is 18.2 Å². The van der Waals surface area contributed by atoms with Crippen LogP contribution in [0.15, 0.2) is 35.3 Å². The van der Waals surface area contributed by atoms with E-state index in [0.717, 1.165) is 5.39 Å². The molecule has 0 saturated carbocycles. The van der Waals surface area contributed by atoms with E-state index in [2.05, 4.69) is 9.97 Å². The van der Waals surface area contributed by atoms with Crippen LogP contribution in [-0.4, -0.2) is 9.97 Å². The Morgan fingerprint density at radius 3 is 2.85 bits per heavy atom. The Bertz CT molecular complexity index is 508. The minimum Gasteiger partial charge on any atom is -0.265 e. The molecule has 2 aromatic rings. The quantitative estimate of drug-likeness (QED) is 0.601. The standard InChI is InChI=1S/C10H8N2O/c1-7-10(13)12-9-5-3-2-4-8(9)6-11-7/h2-6H,1H3. The largest absolute Gasteiger partial charge is 0.291 e. The summed E-state index contributed by atoms with van der Waals surface area (Å²) in [6, 6.07) is 7.43. The van der Waals surface area contributed by atoms with Crippen molar-refractivity contribution >= 4 is 10.9 Å². The predicted molar refractivity (Wildman–Crippen MR) is 50.5 cm³/mol. The zero-order valence-corrected chi connectivity index (χ0v) is 7.19. The molecule has 0 fully saturated rings. The van der Waals surface area contributed by atoms with Crippen LogP contribution in [0.4, 0.5) is 0 Å². The van der Waals surface area contributed by atoms with E-state index in [1.165, 1.54) is 0 Å². The van der Waals surface area contributed by atoms with Crippen molar-refractivity contribution in [3.63, 3.8) is 0 Å². The molecule has 0 aliphatic rings. The molecule has 0 aliphatic heterocycles. The van der Waals surface area contributed by atoms with Gasteiger partial charge in [-0.25, -0.2) is 4.98 Å². The van der Waals surface area contributed by atoms with Gasteiger partial charge < -0.3 is 0 Å². The van der Waals surface area contributed by atoms with Gasteiger partial charge in [0.2, 0.25) is 0 Å². The van der Waals surface area contributed by atoms with Gasteiger partial charge >= 0.3 is 0 Å². The molecule has 1 aromatic heterocycles. The van der Waals surface area contributed by atoms with Gasteiger partial charge in [-0.15, -0.1) is 0 Å². The van der Waals surface area contributed by atoms with E-state index >= 15 is 0 Å². The molecule has 13 heavy (non-hydrogen) atoms. The molecule has 0 aliphatic carbocycles. The zero-order valence-electron chi connectivity index (χ0n) is 7.19. The number of para-hydroxylation sites is 1. The molecule has 0 bridgehead atoms. The number of benzene rings is 1. The smallest absolute Gasteiger partial charge is 0.265 e. The summed E-state index contributed by atoms with van der Waals surface area (Å²) in [5.74, 6) is 0. The topological polar surface area (TPSA) is 42.9 Å². The summed E-state index contributed by atoms with van der Waals surface area (Å²) in [5.41, 5.74) is 0.852. The van der Waals surface area contributed by atoms with E-state index in [9.17, 15) is 4.79 Å². The number of hydrogen-bond acceptors (Lipinski definition) is 3. The lowest BCUT2D eigenvalue weighted by atomic mass is 10.2. The maximum Gasteiger partial charge on any atom is 0.291 e. The average molecular weight is 172 g/mol. The van der Waals surface area contributed by atoms with Crippen molar-refractivity contribution in [3.05, 3.63) is 46.5 Å². The van der Waals surface area contributed by atoms with Gasteiger partial charge in [0.25, 0.3) is 5.56 Å². The van der Waals surface area contributed by atoms with Crippen molar-refractivity contribution < 1.29 is 0 Å². The van der Waals surface area contributed by atoms with E-state index < -0.39 is 0 Å². The lowest BCUT2D eigenvalue weighted by molar-refractivity contribution is 1.15. The SMILES string of the molecule is Cc1ncc2ccccc2nc1=O. The van der Waals surface area contributed by atoms with Crippen molar-refractivity contribution in [2.75, 3.05) is 0 Å². The first-order valence-electron chi connectivity index (χ1n) is 4.00. The van der Waals surface area contributed by atoms with Gasteiger partial charge in [-0.2, -0.15) is 0 Å². The number of hydrogen-bond donors (Lipinski definition) is 0. The summed E-state index contributed by atoms with van der Waals surface area (Å²) in [4.78, 5) is 19.2. The normalized spacial score (nSPS) is 10.2. The lowest BCUT2D eigenvalue weighted by Crippen LogP contribution is -2.05. The molecule has 2 rings (SSSR count). The summed E-state index contributed by atoms with van der Waals surface area (Å²) in [5, 5.41) is 0.882. The van der Waals surface area contributed by atoms with Crippen LogP contribution in [0.5, 0.6) is 0 Å². The highest BCUT2D eigenvalue weighted by Gasteiger charge is 1.95. The second kappa shape index (κ2) is 2.94. The second-order valence-electron chi connectivity index (χ2n) is 2.82. The van der Waals surface area contributed by atoms with Crippen LogP contribution in [0.25, 0.3) is 10.9 Å². The number of rotatable bonds is 0. The van der Waals surface area contributed by atoms with Crippen LogP contribution in [0.3, 0.4) is 0 Å². The Balaban J connectivity index is 2.97. The van der Waals surface area contributed by atoms with Crippen molar-refractivity contribution in [2.45, 2.75) is 6.92 Å². The Morgan fingerprint density at radius 1 is 1.23 bits per heavy atom. The number of aryl methyl sites for hydroxylation is 1. The Labute approximate surface area is 75.1 Å². The van der Waals surface area contributed by atoms with E-state index in [4.69, 9.17) is 0 Å². The molecular formula is C10H8N2O. The van der Waals surface area contributed by atoms with Gasteiger partial charge in [-0.3, -0.25) is 9.78 Å². The Morgan fingerprint density at radius 2 is 2.00 bits per heavy atom. The zero-order chi connectivity index (χ0) is 9.26. The first-order chi connectivity index (χ1) is 6.27. The highest BCUT2D eigenvalue weighted by Crippen LogP contribution is 2.05. The fraction of sp³-hybridized carbons (Fsp3) is 0.100. The Hall–Kier alpha value is -1.77. The minimum absolute atomic E-state index is 0.263. The molecule has 0 atom stereocenters. The minimum atomic E-state index is -0.263. The summed E-state index contributed by atoms with van der Waals surface area (Å²) in [7, 11) is 0. The van der Waals surface area contributed by atoms with Crippen molar-refractivity contribution in [2.24, 2.45) is 0 Å². The van der Waals surface area contributed by atoms with Gasteiger partial charge in [-0.05, 0) is 13.0 Å². The highest BCUT2D eigenvalue weighted by atomic mass is 16.1. The van der Waals surface area contributed by atoms with E-state index in [-0.39, 0.29) is 5.56 Å². The first-order valence-corrected chi connectivity index (χ1v) is 4.00. The van der Waals surface area contributed by atoms with Crippen molar-refractivity contribution in [3.8, 4) is 0 Å². The van der Waals surface area contributed by atoms with Crippen molar-refractivity contribution in [1.82, 2.24) is 9.97 Å². The molecule has 0 amide bonds. The molecular weight excluding hydrogens is 164 g/mol. The lowest BCUT2D eigenvalue weighted by Gasteiger charge is -1.85. The molecule has 64 valence electrons. The van der Waals surface area contributed by atoms with Gasteiger partial charge in [0.1, 0.15) is 5.69 Å². The molecule has 1 aromatic carbocycles. The molecule has 0 radical (unpaired) electrons. The monoisotopic (exact) mass is 172 g/mol. The average Bonchev–Trinajstić information content (AvgIpc) is 2.28. The van der Waals surface area contributed by atoms with Crippen LogP contribution in [0, 0.1) is 6.92 Å². The van der Waals surface area contributed by atoms with Gasteiger partial charge in [0, 0.05) is 11.6 Å². The van der Waals surface area contributed by atoms with E-state index in [1.807, 2.05) is 18.2 Å². The summed E-state index contributed by atoms with van der Waals surface area (Å²) in [6.07, 6.45) is 1.67. The molecule has 0 unspecified atom stereocenters. The predicted octanol–water partition coefficient (Wildman–Crippen LogP) is 1.30. The maximum atomic E-state index is 11.3. The molecule has 3 nitrogen and oxygen atoms in total. The molecule has 0 spiro atoms. The maximum absolute atomic E-state index is 11.3. The third-order valence-electron chi connectivity index (χ3n) is 1.87.